The van der Waals surface area contributed by atoms with Crippen molar-refractivity contribution in [3.8, 4) is 0 Å². The van der Waals surface area contributed by atoms with Gasteiger partial charge in [-0.2, -0.15) is 11.8 Å². The predicted molar refractivity (Wildman–Crippen MR) is 80.7 cm³/mol. The Morgan fingerprint density at radius 1 is 1.30 bits per heavy atom. The van der Waals surface area contributed by atoms with Crippen LogP contribution in [0, 0.1) is 0 Å². The number of hydrogen-bond acceptors (Lipinski definition) is 6. The van der Waals surface area contributed by atoms with Gasteiger partial charge in [0.2, 0.25) is 5.91 Å². The summed E-state index contributed by atoms with van der Waals surface area (Å²) in [6.45, 7) is 2.38. The van der Waals surface area contributed by atoms with Crippen LogP contribution in [0.3, 0.4) is 0 Å². The highest BCUT2D eigenvalue weighted by Gasteiger charge is 2.57. The number of amides is 1. The number of hydrogen-bond donors (Lipinski definition) is 1. The van der Waals surface area contributed by atoms with Crippen molar-refractivity contribution in [1.82, 2.24) is 4.90 Å². The molecule has 20 heavy (non-hydrogen) atoms. The Morgan fingerprint density at radius 2 is 1.90 bits per heavy atom. The summed E-state index contributed by atoms with van der Waals surface area (Å²) < 4.78 is 16.1. The summed E-state index contributed by atoms with van der Waals surface area (Å²) in [6.07, 6.45) is 0.927. The highest BCUT2D eigenvalue weighted by atomic mass is 32.2. The SMILES string of the molecule is CO[Si](CCCSCC1(C)C(=O)N1CCO)(OC)OC. The number of thioether (sulfide) groups is 1. The van der Waals surface area contributed by atoms with E-state index in [1.807, 2.05) is 6.92 Å². The number of rotatable bonds is 11. The molecule has 118 valence electrons. The average Bonchev–Trinajstić information content (AvgIpc) is 2.97. The topological polar surface area (TPSA) is 68.0 Å². The zero-order valence-corrected chi connectivity index (χ0v) is 14.5. The molecule has 1 aliphatic heterocycles. The average molecular weight is 323 g/mol. The van der Waals surface area contributed by atoms with Gasteiger partial charge < -0.3 is 23.3 Å². The molecule has 0 aromatic carbocycles. The molecule has 1 N–H and O–H groups in total. The number of aliphatic hydroxyl groups is 1. The first kappa shape index (κ1) is 17.9. The number of β-amino-alcohol motifs (C(OH)–C–C–N with tert-alkyl or cyclic N) is 1. The second kappa shape index (κ2) is 7.76. The molecule has 0 aliphatic carbocycles. The molecule has 1 unspecified atom stereocenters. The molecule has 1 amide bonds. The van der Waals surface area contributed by atoms with Crippen molar-refractivity contribution in [1.29, 1.82) is 0 Å². The molecule has 1 heterocycles. The van der Waals surface area contributed by atoms with Crippen LogP contribution in [0.25, 0.3) is 0 Å². The lowest BCUT2D eigenvalue weighted by Gasteiger charge is -2.24. The third-order valence-corrected chi connectivity index (χ3v) is 7.84. The molecule has 0 saturated carbocycles. The number of carbonyl (C=O) groups excluding carboxylic acids is 1. The first-order chi connectivity index (χ1) is 9.49. The Labute approximate surface area is 126 Å². The second-order valence-corrected chi connectivity index (χ2v) is 9.10. The van der Waals surface area contributed by atoms with Crippen molar-refractivity contribution in [3.05, 3.63) is 0 Å². The maximum atomic E-state index is 11.6. The summed E-state index contributed by atoms with van der Waals surface area (Å²) in [5.41, 5.74) is -0.383. The van der Waals surface area contributed by atoms with Crippen molar-refractivity contribution in [3.63, 3.8) is 0 Å². The van der Waals surface area contributed by atoms with E-state index >= 15 is 0 Å². The highest BCUT2D eigenvalue weighted by Crippen LogP contribution is 2.36. The van der Waals surface area contributed by atoms with E-state index in [1.54, 1.807) is 38.0 Å². The highest BCUT2D eigenvalue weighted by molar-refractivity contribution is 7.99. The molecule has 0 aromatic rings. The van der Waals surface area contributed by atoms with Crippen LogP contribution in [0.4, 0.5) is 0 Å². The van der Waals surface area contributed by atoms with E-state index in [-0.39, 0.29) is 18.1 Å². The Morgan fingerprint density at radius 3 is 2.40 bits per heavy atom. The van der Waals surface area contributed by atoms with Crippen LogP contribution in [0.15, 0.2) is 0 Å². The number of aliphatic hydroxyl groups excluding tert-OH is 1. The van der Waals surface area contributed by atoms with E-state index in [0.29, 0.717) is 6.54 Å². The summed E-state index contributed by atoms with van der Waals surface area (Å²) in [7, 11) is 2.38. The van der Waals surface area contributed by atoms with Crippen molar-refractivity contribution >= 4 is 26.5 Å². The zero-order valence-electron chi connectivity index (χ0n) is 12.7. The fraction of sp³-hybridized carbons (Fsp3) is 0.917. The molecular weight excluding hydrogens is 298 g/mol. The second-order valence-electron chi connectivity index (χ2n) is 4.91. The van der Waals surface area contributed by atoms with Gasteiger partial charge in [-0.05, 0) is 19.1 Å². The van der Waals surface area contributed by atoms with Crippen molar-refractivity contribution in [2.75, 3.05) is 46.0 Å². The lowest BCUT2D eigenvalue weighted by Crippen LogP contribution is -2.42. The summed E-state index contributed by atoms with van der Waals surface area (Å²) in [5, 5.41) is 8.87. The van der Waals surface area contributed by atoms with E-state index in [4.69, 9.17) is 18.4 Å². The van der Waals surface area contributed by atoms with Gasteiger partial charge in [0.15, 0.2) is 0 Å². The van der Waals surface area contributed by atoms with Crippen LogP contribution in [0.2, 0.25) is 6.04 Å². The number of nitrogens with zero attached hydrogens (tertiary/aromatic N) is 1. The zero-order chi connectivity index (χ0) is 15.2. The van der Waals surface area contributed by atoms with Gasteiger partial charge in [0, 0.05) is 39.7 Å². The molecule has 0 aromatic heterocycles. The molecular formula is C12H25NO5SSi. The first-order valence-corrected chi connectivity index (χ1v) is 9.74. The van der Waals surface area contributed by atoms with Crippen molar-refractivity contribution < 1.29 is 23.2 Å². The maximum absolute atomic E-state index is 11.6. The van der Waals surface area contributed by atoms with Crippen LogP contribution < -0.4 is 0 Å². The Balaban J connectivity index is 2.21. The largest absolute Gasteiger partial charge is 0.500 e. The van der Waals surface area contributed by atoms with Crippen LogP contribution in [-0.2, 0) is 18.1 Å². The summed E-state index contributed by atoms with van der Waals surface area (Å²) in [6, 6.07) is 0.772. The Bertz CT molecular complexity index is 321. The Hall–Kier alpha value is -0.123. The van der Waals surface area contributed by atoms with Crippen LogP contribution >= 0.6 is 11.8 Å². The normalized spacial score (nSPS) is 22.4. The van der Waals surface area contributed by atoms with E-state index in [9.17, 15) is 4.79 Å². The molecule has 1 saturated heterocycles. The van der Waals surface area contributed by atoms with E-state index in [2.05, 4.69) is 0 Å². The molecule has 1 rings (SSSR count). The standard InChI is InChI=1S/C12H25NO5SSi/c1-12(11(15)13(12)6-7-14)10-19-8-5-9-20(16-2,17-3)18-4/h14H,5-10H2,1-4H3. The fourth-order valence-electron chi connectivity index (χ4n) is 2.20. The van der Waals surface area contributed by atoms with E-state index in [0.717, 1.165) is 24.0 Å². The third kappa shape index (κ3) is 3.96. The van der Waals surface area contributed by atoms with Gasteiger partial charge in [0.1, 0.15) is 5.54 Å². The summed E-state index contributed by atoms with van der Waals surface area (Å²) in [4.78, 5) is 13.4. The monoisotopic (exact) mass is 323 g/mol. The van der Waals surface area contributed by atoms with Crippen LogP contribution in [0.5, 0.6) is 0 Å². The molecule has 6 nitrogen and oxygen atoms in total. The van der Waals surface area contributed by atoms with Crippen LogP contribution in [0.1, 0.15) is 13.3 Å². The molecule has 1 atom stereocenters. The van der Waals surface area contributed by atoms with Gasteiger partial charge in [-0.3, -0.25) is 4.79 Å². The van der Waals surface area contributed by atoms with Crippen molar-refractivity contribution in [2.24, 2.45) is 0 Å². The van der Waals surface area contributed by atoms with Gasteiger partial charge >= 0.3 is 8.80 Å². The summed E-state index contributed by atoms with van der Waals surface area (Å²) in [5.74, 6) is 1.82. The van der Waals surface area contributed by atoms with E-state index in [1.165, 1.54) is 0 Å². The summed E-state index contributed by atoms with van der Waals surface area (Å²) >= 11 is 1.74. The van der Waals surface area contributed by atoms with Gasteiger partial charge in [0.05, 0.1) is 6.61 Å². The van der Waals surface area contributed by atoms with Crippen molar-refractivity contribution in [2.45, 2.75) is 24.9 Å². The minimum Gasteiger partial charge on any atom is -0.395 e. The molecule has 1 aliphatic rings. The van der Waals surface area contributed by atoms with Gasteiger partial charge in [-0.15, -0.1) is 0 Å². The van der Waals surface area contributed by atoms with Crippen LogP contribution in [-0.4, -0.2) is 76.2 Å². The molecule has 0 radical (unpaired) electrons. The van der Waals surface area contributed by atoms with E-state index < -0.39 is 8.80 Å². The quantitative estimate of drug-likeness (QED) is 0.341. The van der Waals surface area contributed by atoms with Gasteiger partial charge in [0.25, 0.3) is 0 Å². The van der Waals surface area contributed by atoms with Gasteiger partial charge in [-0.1, -0.05) is 0 Å². The third-order valence-electron chi connectivity index (χ3n) is 3.66. The van der Waals surface area contributed by atoms with Gasteiger partial charge in [-0.25, -0.2) is 0 Å². The smallest absolute Gasteiger partial charge is 0.395 e. The predicted octanol–water partition coefficient (Wildman–Crippen LogP) is 0.581. The first-order valence-electron chi connectivity index (χ1n) is 6.66. The molecule has 0 bridgehead atoms. The minimum absolute atomic E-state index is 0.0234. The number of carbonyl (C=O) groups is 1. The molecule has 1 fully saturated rings. The molecule has 0 spiro atoms. The minimum atomic E-state index is -2.46. The molecule has 8 heteroatoms. The maximum Gasteiger partial charge on any atom is 0.500 e. The Kier molecular flexibility index (Phi) is 6.96. The lowest BCUT2D eigenvalue weighted by atomic mass is 10.2. The lowest BCUT2D eigenvalue weighted by molar-refractivity contribution is -0.114. The fourth-order valence-corrected chi connectivity index (χ4v) is 5.35.